The van der Waals surface area contributed by atoms with Gasteiger partial charge in [0.15, 0.2) is 11.4 Å². The van der Waals surface area contributed by atoms with Crippen molar-refractivity contribution < 1.29 is 18.4 Å². The average molecular weight is 481 g/mol. The normalized spacial score (nSPS) is 11.6. The summed E-state index contributed by atoms with van der Waals surface area (Å²) in [5.74, 6) is -0.758. The van der Waals surface area contributed by atoms with Crippen LogP contribution in [0.5, 0.6) is 0 Å². The number of hydrazone groups is 2. The number of carbonyl (C=O) groups is 2. The Hall–Kier alpha value is -5.12. The largest absolute Gasteiger partial charge is 0.286 e. The molecule has 0 atom stereocenters. The summed E-state index contributed by atoms with van der Waals surface area (Å²) >= 11 is 0. The van der Waals surface area contributed by atoms with Crippen LogP contribution in [0.15, 0.2) is 95.7 Å². The van der Waals surface area contributed by atoms with Gasteiger partial charge >= 0.3 is 0 Å². The molecule has 0 aliphatic carbocycles. The van der Waals surface area contributed by atoms with Crippen LogP contribution in [0, 0.1) is 0 Å². The lowest BCUT2D eigenvalue weighted by atomic mass is 10.1. The third kappa shape index (κ3) is 4.47. The molecule has 0 saturated heterocycles. The standard InChI is InChI=1S/C26H22N8O2/c1-31-21(17-33-13-5-3-7-23(31)33)15-27-29-25(35)19-9-11-20(12-10-19)26(36)30-28-16-22-18-34-14-6-4-8-24(34)32(22)2/h3-18H,1-2H3/p+2/b27-15-,28-16-. The number of fused-ring (bicyclic) bond motifs is 2. The fourth-order valence-electron chi connectivity index (χ4n) is 3.86. The van der Waals surface area contributed by atoms with Crippen LogP contribution in [0.3, 0.4) is 0 Å². The molecule has 0 saturated carbocycles. The van der Waals surface area contributed by atoms with Crippen LogP contribution in [0.2, 0.25) is 0 Å². The minimum atomic E-state index is -0.379. The minimum absolute atomic E-state index is 0.379. The zero-order valence-electron chi connectivity index (χ0n) is 19.7. The Labute approximate surface area is 206 Å². The van der Waals surface area contributed by atoms with Gasteiger partial charge in [-0.25, -0.2) is 28.8 Å². The van der Waals surface area contributed by atoms with E-state index in [2.05, 4.69) is 21.1 Å². The Bertz CT molecular complexity index is 1520. The number of nitrogens with zero attached hydrogens (tertiary/aromatic N) is 6. The van der Waals surface area contributed by atoms with Gasteiger partial charge in [-0.05, 0) is 36.4 Å². The van der Waals surface area contributed by atoms with Gasteiger partial charge < -0.3 is 0 Å². The van der Waals surface area contributed by atoms with Gasteiger partial charge in [0.1, 0.15) is 12.4 Å². The lowest BCUT2D eigenvalue weighted by Gasteiger charge is -2.02. The van der Waals surface area contributed by atoms with E-state index < -0.39 is 0 Å². The van der Waals surface area contributed by atoms with Crippen molar-refractivity contribution >= 4 is 35.5 Å². The Morgan fingerprint density at radius 3 is 1.50 bits per heavy atom. The maximum absolute atomic E-state index is 12.4. The van der Waals surface area contributed by atoms with Gasteiger partial charge in [-0.15, -0.1) is 0 Å². The summed E-state index contributed by atoms with van der Waals surface area (Å²) < 4.78 is 7.87. The molecule has 5 aromatic rings. The van der Waals surface area contributed by atoms with Crippen molar-refractivity contribution in [2.75, 3.05) is 0 Å². The maximum Gasteiger partial charge on any atom is 0.286 e. The molecule has 0 bridgehead atoms. The van der Waals surface area contributed by atoms with Crippen LogP contribution < -0.4 is 19.7 Å². The van der Waals surface area contributed by atoms with Crippen molar-refractivity contribution in [3.8, 4) is 0 Å². The van der Waals surface area contributed by atoms with E-state index in [4.69, 9.17) is 0 Å². The Morgan fingerprint density at radius 2 is 1.11 bits per heavy atom. The zero-order chi connectivity index (χ0) is 25.1. The summed E-state index contributed by atoms with van der Waals surface area (Å²) in [6.07, 6.45) is 10.9. The average Bonchev–Trinajstić information content (AvgIpc) is 3.40. The third-order valence-electron chi connectivity index (χ3n) is 5.87. The summed E-state index contributed by atoms with van der Waals surface area (Å²) in [6, 6.07) is 18.0. The van der Waals surface area contributed by atoms with E-state index in [-0.39, 0.29) is 11.8 Å². The first-order valence-corrected chi connectivity index (χ1v) is 11.2. The maximum atomic E-state index is 12.4. The van der Waals surface area contributed by atoms with E-state index >= 15 is 0 Å². The van der Waals surface area contributed by atoms with E-state index in [1.807, 2.05) is 93.2 Å². The van der Waals surface area contributed by atoms with Crippen molar-refractivity contribution in [1.82, 2.24) is 20.0 Å². The van der Waals surface area contributed by atoms with Gasteiger partial charge in [-0.3, -0.25) is 9.59 Å². The van der Waals surface area contributed by atoms with E-state index in [9.17, 15) is 9.59 Å². The molecule has 0 radical (unpaired) electrons. The number of carbonyl (C=O) groups excluding carboxylic acids is 2. The molecule has 36 heavy (non-hydrogen) atoms. The first kappa shape index (κ1) is 22.7. The molecule has 0 unspecified atom stereocenters. The summed E-state index contributed by atoms with van der Waals surface area (Å²) in [4.78, 5) is 24.9. The third-order valence-corrected chi connectivity index (χ3v) is 5.87. The molecule has 4 aromatic heterocycles. The van der Waals surface area contributed by atoms with Crippen molar-refractivity contribution in [2.24, 2.45) is 24.3 Å². The number of hydrogen-bond donors (Lipinski definition) is 2. The molecule has 10 heteroatoms. The second-order valence-electron chi connectivity index (χ2n) is 8.13. The van der Waals surface area contributed by atoms with Gasteiger partial charge in [-0.2, -0.15) is 10.2 Å². The monoisotopic (exact) mass is 480 g/mol. The SMILES string of the molecule is Cn1c(/C=N\NC(=O)c2ccc(C(=O)N/N=C\c3c[n+]4ccccc4n3C)cc2)c[n+]2ccccc12. The molecule has 2 amide bonds. The molecule has 0 spiro atoms. The number of aryl methyl sites for hydroxylation is 2. The highest BCUT2D eigenvalue weighted by atomic mass is 16.2. The van der Waals surface area contributed by atoms with E-state index in [1.54, 1.807) is 36.7 Å². The number of rotatable bonds is 6. The van der Waals surface area contributed by atoms with Gasteiger partial charge in [0.05, 0.1) is 38.9 Å². The minimum Gasteiger partial charge on any atom is -0.267 e. The Morgan fingerprint density at radius 1 is 0.694 bits per heavy atom. The Balaban J connectivity index is 1.18. The Kier molecular flexibility index (Phi) is 6.06. The van der Waals surface area contributed by atoms with Crippen LogP contribution in [0.1, 0.15) is 32.1 Å². The highest BCUT2D eigenvalue weighted by Gasteiger charge is 2.13. The molecule has 5 rings (SSSR count). The summed E-state index contributed by atoms with van der Waals surface area (Å²) in [5.41, 5.74) is 9.45. The smallest absolute Gasteiger partial charge is 0.267 e. The number of hydrogen-bond acceptors (Lipinski definition) is 4. The molecule has 1 aromatic carbocycles. The summed E-state index contributed by atoms with van der Waals surface area (Å²) in [5, 5.41) is 8.13. The lowest BCUT2D eigenvalue weighted by Crippen LogP contribution is -2.20. The summed E-state index contributed by atoms with van der Waals surface area (Å²) in [6.45, 7) is 0. The van der Waals surface area contributed by atoms with Crippen LogP contribution in [0.25, 0.3) is 11.3 Å². The predicted molar refractivity (Wildman–Crippen MR) is 134 cm³/mol. The quantitative estimate of drug-likeness (QED) is 0.218. The fourth-order valence-corrected chi connectivity index (χ4v) is 3.86. The topological polar surface area (TPSA) is 101 Å². The molecule has 0 aliphatic rings. The first-order valence-electron chi connectivity index (χ1n) is 11.2. The fraction of sp³-hybridized carbons (Fsp3) is 0.0769. The van der Waals surface area contributed by atoms with Crippen LogP contribution >= 0.6 is 0 Å². The second kappa shape index (κ2) is 9.63. The number of imidazole rings is 2. The van der Waals surface area contributed by atoms with Crippen molar-refractivity contribution in [3.63, 3.8) is 0 Å². The van der Waals surface area contributed by atoms with Crippen LogP contribution in [0.4, 0.5) is 0 Å². The highest BCUT2D eigenvalue weighted by Crippen LogP contribution is 2.06. The number of amides is 2. The van der Waals surface area contributed by atoms with Crippen LogP contribution in [-0.4, -0.2) is 33.4 Å². The zero-order valence-corrected chi connectivity index (χ0v) is 19.7. The number of aromatic nitrogens is 4. The number of pyridine rings is 2. The van der Waals surface area contributed by atoms with E-state index in [1.165, 1.54) is 0 Å². The molecule has 0 fully saturated rings. The summed E-state index contributed by atoms with van der Waals surface area (Å²) in [7, 11) is 3.85. The van der Waals surface area contributed by atoms with Crippen molar-refractivity contribution in [1.29, 1.82) is 0 Å². The second-order valence-corrected chi connectivity index (χ2v) is 8.13. The lowest BCUT2D eigenvalue weighted by molar-refractivity contribution is -0.510. The van der Waals surface area contributed by atoms with E-state index in [0.717, 1.165) is 22.7 Å². The van der Waals surface area contributed by atoms with Crippen molar-refractivity contribution in [3.05, 3.63) is 108 Å². The van der Waals surface area contributed by atoms with E-state index in [0.29, 0.717) is 11.1 Å². The molecular formula is C26H24N8O2+2. The highest BCUT2D eigenvalue weighted by molar-refractivity contribution is 5.98. The van der Waals surface area contributed by atoms with Gasteiger partial charge in [0, 0.05) is 23.3 Å². The van der Waals surface area contributed by atoms with Gasteiger partial charge in [-0.1, -0.05) is 12.1 Å². The molecular weight excluding hydrogens is 456 g/mol. The molecule has 178 valence electrons. The van der Waals surface area contributed by atoms with Crippen molar-refractivity contribution in [2.45, 2.75) is 0 Å². The first-order chi connectivity index (χ1) is 17.5. The predicted octanol–water partition coefficient (Wildman–Crippen LogP) is 1.37. The van der Waals surface area contributed by atoms with Crippen LogP contribution in [-0.2, 0) is 14.1 Å². The molecule has 0 aliphatic heterocycles. The molecule has 4 heterocycles. The van der Waals surface area contributed by atoms with Gasteiger partial charge in [0.2, 0.25) is 0 Å². The molecule has 10 nitrogen and oxygen atoms in total. The van der Waals surface area contributed by atoms with Gasteiger partial charge in [0.25, 0.3) is 23.1 Å². The number of benzene rings is 1. The number of nitrogens with one attached hydrogen (secondary N) is 2. The molecule has 2 N–H and O–H groups in total.